The highest BCUT2D eigenvalue weighted by atomic mass is 19.1. The lowest BCUT2D eigenvalue weighted by Gasteiger charge is -2.44. The van der Waals surface area contributed by atoms with Crippen LogP contribution in [0.3, 0.4) is 0 Å². The number of aromatic nitrogens is 2. The molecule has 2 saturated heterocycles. The quantitative estimate of drug-likeness (QED) is 0.158. The molecular formula is C45H57F2N5O4. The minimum absolute atomic E-state index is 0.00575. The van der Waals surface area contributed by atoms with Gasteiger partial charge in [0.25, 0.3) is 0 Å². The number of alkyl halides is 1. The minimum atomic E-state index is -0.984. The second-order valence-corrected chi connectivity index (χ2v) is 17.5. The van der Waals surface area contributed by atoms with Gasteiger partial charge < -0.3 is 24.7 Å². The number of benzene rings is 2. The van der Waals surface area contributed by atoms with Crippen molar-refractivity contribution in [2.75, 3.05) is 44.7 Å². The molecule has 1 saturated carbocycles. The number of hydrogen-bond acceptors (Lipinski definition) is 8. The Morgan fingerprint density at radius 3 is 2.70 bits per heavy atom. The van der Waals surface area contributed by atoms with Crippen molar-refractivity contribution in [2.24, 2.45) is 11.8 Å². The van der Waals surface area contributed by atoms with E-state index in [0.717, 1.165) is 67.7 Å². The van der Waals surface area contributed by atoms with Crippen LogP contribution in [0, 0.1) is 30.0 Å². The summed E-state index contributed by atoms with van der Waals surface area (Å²) >= 11 is 0. The monoisotopic (exact) mass is 769 g/mol. The highest BCUT2D eigenvalue weighted by Gasteiger charge is 2.50. The summed E-state index contributed by atoms with van der Waals surface area (Å²) in [6, 6.07) is 6.49. The van der Waals surface area contributed by atoms with Gasteiger partial charge in [-0.25, -0.2) is 8.78 Å². The fourth-order valence-corrected chi connectivity index (χ4v) is 10.1. The van der Waals surface area contributed by atoms with Gasteiger partial charge in [0.2, 0.25) is 5.91 Å². The predicted octanol–water partition coefficient (Wildman–Crippen LogP) is 7.10. The van der Waals surface area contributed by atoms with Crippen LogP contribution in [0.25, 0.3) is 10.8 Å². The minimum Gasteiger partial charge on any atom is -0.508 e. The summed E-state index contributed by atoms with van der Waals surface area (Å²) in [5.41, 5.74) is 1.53. The summed E-state index contributed by atoms with van der Waals surface area (Å²) in [5, 5.41) is 22.7. The van der Waals surface area contributed by atoms with Gasteiger partial charge >= 0.3 is 6.01 Å². The van der Waals surface area contributed by atoms with E-state index in [4.69, 9.17) is 21.1 Å². The van der Waals surface area contributed by atoms with Crippen LogP contribution in [0.2, 0.25) is 0 Å². The number of likely N-dealkylation sites (N-methyl/N-ethyl adjacent to an activating group) is 1. The highest BCUT2D eigenvalue weighted by molar-refractivity contribution is 5.93. The average molecular weight is 770 g/mol. The van der Waals surface area contributed by atoms with Crippen LogP contribution in [-0.4, -0.2) is 99.1 Å². The van der Waals surface area contributed by atoms with E-state index >= 15 is 8.78 Å². The second-order valence-electron chi connectivity index (χ2n) is 17.5. The zero-order valence-corrected chi connectivity index (χ0v) is 33.4. The smallest absolute Gasteiger partial charge is 0.318 e. The van der Waals surface area contributed by atoms with Gasteiger partial charge in [0, 0.05) is 56.6 Å². The van der Waals surface area contributed by atoms with E-state index in [1.54, 1.807) is 18.2 Å². The molecule has 7 rings (SSSR count). The maximum absolute atomic E-state index is 15.5. The summed E-state index contributed by atoms with van der Waals surface area (Å²) in [4.78, 5) is 29.1. The largest absolute Gasteiger partial charge is 0.508 e. The molecule has 3 aromatic rings. The van der Waals surface area contributed by atoms with Crippen LogP contribution in [0.5, 0.6) is 11.8 Å². The van der Waals surface area contributed by atoms with E-state index < -0.39 is 23.1 Å². The number of halogens is 2. The molecule has 4 atom stereocenters. The summed E-state index contributed by atoms with van der Waals surface area (Å²) in [7, 11) is 1.99. The Hall–Kier alpha value is -4.27. The third-order valence-electron chi connectivity index (χ3n) is 13.4. The van der Waals surface area contributed by atoms with Crippen molar-refractivity contribution < 1.29 is 28.5 Å². The maximum Gasteiger partial charge on any atom is 0.318 e. The summed E-state index contributed by atoms with van der Waals surface area (Å²) in [5.74, 6) is 3.13. The van der Waals surface area contributed by atoms with Crippen LogP contribution in [0.1, 0.15) is 100 Å². The van der Waals surface area contributed by atoms with E-state index in [9.17, 15) is 15.0 Å². The SMILES string of the molecule is C#Cc1c(F)ccc2cc(O)cc([C@@H]3CCc4c(nc(OC[C@]5(C(C)C)C[C@@H](F)CN5CC5CCC(C)(O)CC5)nc4N(C)C[C@@H]4CCCN4C(=O)C=C)C3)c12. The van der Waals surface area contributed by atoms with Crippen molar-refractivity contribution in [3.63, 3.8) is 0 Å². The Balaban J connectivity index is 1.22. The standard InChI is InChI=1S/C45H57F2N5O4/c1-7-35-38(47)14-12-31-20-34(53)22-37(41(31)35)30-11-13-36-39(21-30)48-43(49-42(36)50(6)26-33-10-9-19-52(33)40(54)8-2)56-27-45(28(3)4)23-32(46)25-51(45)24-29-15-17-44(5,55)18-16-29/h1,8,12,14,20,22,28-30,32-33,53,55H,2,9-11,13,15-19,21,23-27H2,3-6H3/t29?,30-,32-,33+,44?,45+/m1/s1. The molecule has 1 amide bonds. The first-order valence-corrected chi connectivity index (χ1v) is 20.4. The van der Waals surface area contributed by atoms with Gasteiger partial charge in [0.05, 0.1) is 22.4 Å². The van der Waals surface area contributed by atoms with Crippen LogP contribution < -0.4 is 9.64 Å². The molecule has 9 nitrogen and oxygen atoms in total. The molecule has 3 heterocycles. The number of nitrogens with zero attached hydrogens (tertiary/aromatic N) is 5. The molecule has 11 heteroatoms. The zero-order valence-electron chi connectivity index (χ0n) is 33.4. The Morgan fingerprint density at radius 1 is 1.21 bits per heavy atom. The van der Waals surface area contributed by atoms with Crippen molar-refractivity contribution >= 4 is 22.5 Å². The van der Waals surface area contributed by atoms with Gasteiger partial charge in [-0.3, -0.25) is 9.69 Å². The first-order chi connectivity index (χ1) is 26.7. The number of amides is 1. The molecule has 0 spiro atoms. The second kappa shape index (κ2) is 15.9. The number of hydrogen-bond donors (Lipinski definition) is 2. The number of carbonyl (C=O) groups excluding carboxylic acids is 1. The van der Waals surface area contributed by atoms with E-state index in [1.807, 2.05) is 18.9 Å². The molecule has 4 aliphatic rings. The van der Waals surface area contributed by atoms with E-state index in [0.29, 0.717) is 62.0 Å². The van der Waals surface area contributed by atoms with Crippen molar-refractivity contribution in [1.82, 2.24) is 19.8 Å². The molecule has 2 N–H and O–H groups in total. The molecule has 0 bridgehead atoms. The Labute approximate surface area is 330 Å². The third-order valence-corrected chi connectivity index (χ3v) is 13.4. The van der Waals surface area contributed by atoms with Gasteiger partial charge in [-0.1, -0.05) is 32.4 Å². The Bertz CT molecular complexity index is 2000. The molecule has 1 aromatic heterocycles. The van der Waals surface area contributed by atoms with Crippen molar-refractivity contribution in [1.29, 1.82) is 0 Å². The number of phenolic OH excluding ortho intramolecular Hbond substituents is 1. The normalized spacial score (nSPS) is 28.0. The molecular weight excluding hydrogens is 713 g/mol. The number of anilines is 1. The first kappa shape index (κ1) is 39.9. The van der Waals surface area contributed by atoms with Gasteiger partial charge in [-0.05, 0) is 118 Å². The number of likely N-dealkylation sites (tertiary alicyclic amines) is 2. The van der Waals surface area contributed by atoms with Crippen molar-refractivity contribution in [2.45, 2.75) is 114 Å². The number of aliphatic hydroxyl groups is 1. The van der Waals surface area contributed by atoms with E-state index in [2.05, 4.69) is 36.1 Å². The predicted molar refractivity (Wildman–Crippen MR) is 215 cm³/mol. The third kappa shape index (κ3) is 7.84. The number of fused-ring (bicyclic) bond motifs is 2. The van der Waals surface area contributed by atoms with E-state index in [1.165, 1.54) is 12.1 Å². The lowest BCUT2D eigenvalue weighted by atomic mass is 9.78. The van der Waals surface area contributed by atoms with Gasteiger partial charge in [0.1, 0.15) is 30.2 Å². The molecule has 3 fully saturated rings. The first-order valence-electron chi connectivity index (χ1n) is 20.4. The summed E-state index contributed by atoms with van der Waals surface area (Å²) in [6.45, 7) is 12.4. The van der Waals surface area contributed by atoms with Crippen molar-refractivity contribution in [3.8, 4) is 24.1 Å². The average Bonchev–Trinajstić information content (AvgIpc) is 3.77. The topological polar surface area (TPSA) is 102 Å². The zero-order chi connectivity index (χ0) is 39.9. The Kier molecular flexibility index (Phi) is 11.4. The van der Waals surface area contributed by atoms with Crippen molar-refractivity contribution in [3.05, 3.63) is 65.1 Å². The molecule has 300 valence electrons. The van der Waals surface area contributed by atoms with Gasteiger partial charge in [-0.15, -0.1) is 6.42 Å². The highest BCUT2D eigenvalue weighted by Crippen LogP contribution is 2.44. The fourth-order valence-electron chi connectivity index (χ4n) is 10.1. The molecule has 2 aliphatic heterocycles. The van der Waals surface area contributed by atoms with Crippen LogP contribution in [0.15, 0.2) is 36.9 Å². The lowest BCUT2D eigenvalue weighted by Crippen LogP contribution is -2.54. The van der Waals surface area contributed by atoms with Crippen LogP contribution in [-0.2, 0) is 17.6 Å². The number of aromatic hydroxyl groups is 1. The number of rotatable bonds is 11. The van der Waals surface area contributed by atoms with E-state index in [-0.39, 0.29) is 47.7 Å². The summed E-state index contributed by atoms with van der Waals surface area (Å²) < 4.78 is 37.2. The molecule has 2 aromatic carbocycles. The number of carbonyl (C=O) groups is 1. The molecule has 0 radical (unpaired) electrons. The molecule has 56 heavy (non-hydrogen) atoms. The number of ether oxygens (including phenoxy) is 1. The fraction of sp³-hybridized carbons (Fsp3) is 0.578. The van der Waals surface area contributed by atoms with Crippen LogP contribution >= 0.6 is 0 Å². The number of phenols is 1. The maximum atomic E-state index is 15.5. The molecule has 2 aliphatic carbocycles. The lowest BCUT2D eigenvalue weighted by molar-refractivity contribution is -0.126. The van der Waals surface area contributed by atoms with Gasteiger partial charge in [0.15, 0.2) is 0 Å². The van der Waals surface area contributed by atoms with Crippen LogP contribution in [0.4, 0.5) is 14.6 Å². The summed E-state index contributed by atoms with van der Waals surface area (Å²) in [6.07, 6.45) is 13.5. The number of terminal acetylenes is 1. The van der Waals surface area contributed by atoms with Gasteiger partial charge in [-0.2, -0.15) is 9.97 Å². The Morgan fingerprint density at radius 2 is 1.98 bits per heavy atom. The molecule has 0 unspecified atom stereocenters.